The molecule has 1 N–H and O–H groups in total. The molecule has 0 spiro atoms. The van der Waals surface area contributed by atoms with Gasteiger partial charge in [0.1, 0.15) is 11.5 Å². The molecular formula is C29H25NO4. The Hall–Kier alpha value is -4.38. The Morgan fingerprint density at radius 1 is 0.735 bits per heavy atom. The SMILES string of the molecule is Cc1ccc(C)c(NC(=O)c2ccc(OC(=O)COc3ccc(-c4ccccc4)cc3)cc2)c1. The highest BCUT2D eigenvalue weighted by Crippen LogP contribution is 2.22. The summed E-state index contributed by atoms with van der Waals surface area (Å²) in [6.45, 7) is 3.69. The van der Waals surface area contributed by atoms with E-state index in [0.29, 0.717) is 17.1 Å². The summed E-state index contributed by atoms with van der Waals surface area (Å²) >= 11 is 0. The molecule has 0 saturated heterocycles. The number of rotatable bonds is 7. The van der Waals surface area contributed by atoms with E-state index in [1.165, 1.54) is 0 Å². The summed E-state index contributed by atoms with van der Waals surface area (Å²) in [4.78, 5) is 24.7. The van der Waals surface area contributed by atoms with Gasteiger partial charge >= 0.3 is 5.97 Å². The van der Waals surface area contributed by atoms with Crippen LogP contribution in [0.25, 0.3) is 11.1 Å². The van der Waals surface area contributed by atoms with Crippen LogP contribution in [0.4, 0.5) is 5.69 Å². The van der Waals surface area contributed by atoms with Crippen molar-refractivity contribution >= 4 is 17.6 Å². The van der Waals surface area contributed by atoms with Crippen molar-refractivity contribution in [3.63, 3.8) is 0 Å². The van der Waals surface area contributed by atoms with Crippen molar-refractivity contribution < 1.29 is 19.1 Å². The second kappa shape index (κ2) is 10.5. The van der Waals surface area contributed by atoms with Gasteiger partial charge in [-0.15, -0.1) is 0 Å². The highest BCUT2D eigenvalue weighted by Gasteiger charge is 2.11. The lowest BCUT2D eigenvalue weighted by Crippen LogP contribution is -2.18. The number of hydrogen-bond donors (Lipinski definition) is 1. The van der Waals surface area contributed by atoms with Crippen LogP contribution < -0.4 is 14.8 Å². The van der Waals surface area contributed by atoms with Crippen molar-refractivity contribution in [2.45, 2.75) is 13.8 Å². The second-order valence-corrected chi connectivity index (χ2v) is 7.95. The molecule has 0 aromatic heterocycles. The molecule has 0 aliphatic carbocycles. The van der Waals surface area contributed by atoms with Crippen molar-refractivity contribution in [2.24, 2.45) is 0 Å². The monoisotopic (exact) mass is 451 g/mol. The quantitative estimate of drug-likeness (QED) is 0.268. The molecule has 1 amide bonds. The minimum absolute atomic E-state index is 0.223. The number of anilines is 1. The van der Waals surface area contributed by atoms with Gasteiger partial charge in [0.05, 0.1) is 0 Å². The molecule has 0 aliphatic rings. The molecule has 0 heterocycles. The number of benzene rings is 4. The molecule has 4 rings (SSSR count). The second-order valence-electron chi connectivity index (χ2n) is 7.95. The van der Waals surface area contributed by atoms with Gasteiger partial charge in [0, 0.05) is 11.3 Å². The molecule has 0 atom stereocenters. The minimum atomic E-state index is -0.528. The Kier molecular flexibility index (Phi) is 7.04. The maximum Gasteiger partial charge on any atom is 0.349 e. The van der Waals surface area contributed by atoms with Gasteiger partial charge < -0.3 is 14.8 Å². The van der Waals surface area contributed by atoms with Gasteiger partial charge in [0.25, 0.3) is 5.91 Å². The fourth-order valence-electron chi connectivity index (χ4n) is 3.42. The topological polar surface area (TPSA) is 64.6 Å². The normalized spacial score (nSPS) is 10.4. The van der Waals surface area contributed by atoms with Crippen LogP contribution in [-0.4, -0.2) is 18.5 Å². The van der Waals surface area contributed by atoms with Gasteiger partial charge in [-0.05, 0) is 78.6 Å². The molecule has 4 aromatic rings. The summed E-state index contributed by atoms with van der Waals surface area (Å²) in [5.41, 5.74) is 5.47. The van der Waals surface area contributed by atoms with E-state index >= 15 is 0 Å². The summed E-state index contributed by atoms with van der Waals surface area (Å²) < 4.78 is 10.9. The maximum atomic E-state index is 12.5. The van der Waals surface area contributed by atoms with Crippen molar-refractivity contribution in [1.29, 1.82) is 0 Å². The highest BCUT2D eigenvalue weighted by atomic mass is 16.6. The van der Waals surface area contributed by atoms with Crippen LogP contribution in [0.15, 0.2) is 97.1 Å². The van der Waals surface area contributed by atoms with Crippen molar-refractivity contribution in [2.75, 3.05) is 11.9 Å². The fraction of sp³-hybridized carbons (Fsp3) is 0.103. The number of aryl methyl sites for hydroxylation is 2. The average Bonchev–Trinajstić information content (AvgIpc) is 2.86. The molecule has 0 radical (unpaired) electrons. The predicted molar refractivity (Wildman–Crippen MR) is 133 cm³/mol. The zero-order valence-corrected chi connectivity index (χ0v) is 19.1. The summed E-state index contributed by atoms with van der Waals surface area (Å²) in [5.74, 6) is 0.167. The number of carbonyl (C=O) groups is 2. The first kappa shape index (κ1) is 22.8. The van der Waals surface area contributed by atoms with Crippen molar-refractivity contribution in [3.8, 4) is 22.6 Å². The maximum absolute atomic E-state index is 12.5. The molecule has 0 fully saturated rings. The summed E-state index contributed by atoms with van der Waals surface area (Å²) in [6, 6.07) is 29.8. The molecule has 5 nitrogen and oxygen atoms in total. The lowest BCUT2D eigenvalue weighted by atomic mass is 10.1. The Labute approximate surface area is 199 Å². The molecule has 0 saturated carbocycles. The number of esters is 1. The van der Waals surface area contributed by atoms with Gasteiger partial charge in [0.2, 0.25) is 0 Å². The number of ether oxygens (including phenoxy) is 2. The van der Waals surface area contributed by atoms with Crippen molar-refractivity contribution in [1.82, 2.24) is 0 Å². The standard InChI is InChI=1S/C29H25NO4/c1-20-8-9-21(2)27(18-20)30-29(32)24-12-16-26(17-13-24)34-28(31)19-33-25-14-10-23(11-15-25)22-6-4-3-5-7-22/h3-18H,19H2,1-2H3,(H,30,32). The van der Waals surface area contributed by atoms with E-state index in [-0.39, 0.29) is 12.5 Å². The third kappa shape index (κ3) is 5.90. The van der Waals surface area contributed by atoms with Crippen LogP contribution in [0.5, 0.6) is 11.5 Å². The average molecular weight is 452 g/mol. The van der Waals surface area contributed by atoms with E-state index in [9.17, 15) is 9.59 Å². The number of amides is 1. The zero-order valence-electron chi connectivity index (χ0n) is 19.1. The van der Waals surface area contributed by atoms with Gasteiger partial charge in [-0.25, -0.2) is 4.79 Å². The van der Waals surface area contributed by atoms with Gasteiger partial charge in [-0.3, -0.25) is 4.79 Å². The van der Waals surface area contributed by atoms with Crippen LogP contribution in [-0.2, 0) is 4.79 Å². The molecular weight excluding hydrogens is 426 g/mol. The molecule has 5 heteroatoms. The van der Waals surface area contributed by atoms with Crippen molar-refractivity contribution in [3.05, 3.63) is 114 Å². The lowest BCUT2D eigenvalue weighted by molar-refractivity contribution is -0.136. The first-order valence-electron chi connectivity index (χ1n) is 11.0. The number of hydrogen-bond acceptors (Lipinski definition) is 4. The van der Waals surface area contributed by atoms with Crippen LogP contribution in [0, 0.1) is 13.8 Å². The molecule has 170 valence electrons. The van der Waals surface area contributed by atoms with E-state index in [2.05, 4.69) is 5.32 Å². The first-order chi connectivity index (χ1) is 16.5. The van der Waals surface area contributed by atoms with Crippen LogP contribution >= 0.6 is 0 Å². The predicted octanol–water partition coefficient (Wildman–Crippen LogP) is 6.21. The Morgan fingerprint density at radius 2 is 1.38 bits per heavy atom. The fourth-order valence-corrected chi connectivity index (χ4v) is 3.42. The smallest absolute Gasteiger partial charge is 0.349 e. The van der Waals surface area contributed by atoms with Crippen LogP contribution in [0.3, 0.4) is 0 Å². The Balaban J connectivity index is 1.29. The molecule has 0 aliphatic heterocycles. The first-order valence-corrected chi connectivity index (χ1v) is 11.0. The summed E-state index contributed by atoms with van der Waals surface area (Å²) in [6.07, 6.45) is 0. The van der Waals surface area contributed by atoms with E-state index < -0.39 is 5.97 Å². The summed E-state index contributed by atoms with van der Waals surface area (Å²) in [7, 11) is 0. The van der Waals surface area contributed by atoms with E-state index in [0.717, 1.165) is 27.9 Å². The van der Waals surface area contributed by atoms with Gasteiger partial charge in [0.15, 0.2) is 6.61 Å². The third-order valence-corrected chi connectivity index (χ3v) is 5.31. The molecule has 0 unspecified atom stereocenters. The zero-order chi connectivity index (χ0) is 23.9. The highest BCUT2D eigenvalue weighted by molar-refractivity contribution is 6.04. The van der Waals surface area contributed by atoms with E-state index in [4.69, 9.17) is 9.47 Å². The molecule has 4 aromatic carbocycles. The Morgan fingerprint density at radius 3 is 2.09 bits per heavy atom. The summed E-state index contributed by atoms with van der Waals surface area (Å²) in [5, 5.41) is 2.91. The van der Waals surface area contributed by atoms with Crippen LogP contribution in [0.1, 0.15) is 21.5 Å². The lowest BCUT2D eigenvalue weighted by Gasteiger charge is -2.10. The third-order valence-electron chi connectivity index (χ3n) is 5.31. The van der Waals surface area contributed by atoms with Crippen LogP contribution in [0.2, 0.25) is 0 Å². The molecule has 34 heavy (non-hydrogen) atoms. The number of nitrogens with one attached hydrogen (secondary N) is 1. The minimum Gasteiger partial charge on any atom is -0.482 e. The van der Waals surface area contributed by atoms with E-state index in [1.54, 1.807) is 24.3 Å². The van der Waals surface area contributed by atoms with E-state index in [1.807, 2.05) is 86.6 Å². The largest absolute Gasteiger partial charge is 0.482 e. The number of carbonyl (C=O) groups excluding carboxylic acids is 2. The van der Waals surface area contributed by atoms with Gasteiger partial charge in [-0.1, -0.05) is 54.6 Å². The Bertz CT molecular complexity index is 1280. The van der Waals surface area contributed by atoms with Gasteiger partial charge in [-0.2, -0.15) is 0 Å². The molecule has 0 bridgehead atoms.